The number of aromatic nitrogens is 2. The molecule has 3 N–H and O–H groups in total. The lowest BCUT2D eigenvalue weighted by Gasteiger charge is -2.39. The summed E-state index contributed by atoms with van der Waals surface area (Å²) < 4.78 is 0. The fourth-order valence-electron chi connectivity index (χ4n) is 3.80. The average Bonchev–Trinajstić information content (AvgIpc) is 3.08. The van der Waals surface area contributed by atoms with Crippen LogP contribution in [0, 0.1) is 6.92 Å². The van der Waals surface area contributed by atoms with Crippen molar-refractivity contribution in [2.75, 3.05) is 36.4 Å². The van der Waals surface area contributed by atoms with Gasteiger partial charge in [0.25, 0.3) is 0 Å². The van der Waals surface area contributed by atoms with Crippen molar-refractivity contribution >= 4 is 39.9 Å². The number of rotatable bonds is 4. The Morgan fingerprint density at radius 3 is 2.55 bits per heavy atom. The first-order valence-corrected chi connectivity index (χ1v) is 10.1. The number of fused-ring (bicyclic) bond motifs is 1. The quantitative estimate of drug-likeness (QED) is 0.614. The zero-order valence-electron chi connectivity index (χ0n) is 16.5. The van der Waals surface area contributed by atoms with Crippen LogP contribution in [-0.2, 0) is 4.79 Å². The number of H-pyrrole nitrogens is 2. The number of nitrogens with zero attached hydrogens (tertiary/aromatic N) is 2. The van der Waals surface area contributed by atoms with Gasteiger partial charge in [0.2, 0.25) is 5.91 Å². The molecule has 1 saturated heterocycles. The van der Waals surface area contributed by atoms with E-state index in [0.29, 0.717) is 16.7 Å². The van der Waals surface area contributed by atoms with Crippen molar-refractivity contribution in [3.8, 4) is 0 Å². The standard InChI is InChI=1S/C21H24ClN5O2/c1-13-3-4-15(22)11-19(13)27-9-7-26(8-10-27)14(2)20(28)23-16-5-6-17-18(12-16)25-21(29)24-17/h3-6,11-12,14H,7-10H2,1-2H3,(H,23,28)(H2,24,25,29). The predicted octanol–water partition coefficient (Wildman–Crippen LogP) is 2.97. The molecule has 8 heteroatoms. The number of piperazine rings is 1. The average molecular weight is 414 g/mol. The molecule has 4 rings (SSSR count). The molecule has 1 aliphatic heterocycles. The summed E-state index contributed by atoms with van der Waals surface area (Å²) in [5.74, 6) is -0.0605. The van der Waals surface area contributed by atoms with Crippen molar-refractivity contribution in [1.29, 1.82) is 0 Å². The molecule has 0 spiro atoms. The molecule has 1 aromatic heterocycles. The topological polar surface area (TPSA) is 84.2 Å². The summed E-state index contributed by atoms with van der Waals surface area (Å²) in [7, 11) is 0. The van der Waals surface area contributed by atoms with Gasteiger partial charge < -0.3 is 20.2 Å². The second-order valence-corrected chi connectivity index (χ2v) is 7.89. The number of amides is 1. The Morgan fingerprint density at radius 1 is 1.07 bits per heavy atom. The zero-order chi connectivity index (χ0) is 20.5. The van der Waals surface area contributed by atoms with Gasteiger partial charge in [-0.15, -0.1) is 0 Å². The first-order chi connectivity index (χ1) is 13.9. The van der Waals surface area contributed by atoms with Gasteiger partial charge in [-0.05, 0) is 49.7 Å². The van der Waals surface area contributed by atoms with E-state index in [-0.39, 0.29) is 17.6 Å². The van der Waals surface area contributed by atoms with Crippen LogP contribution in [0.5, 0.6) is 0 Å². The number of imidazole rings is 1. The number of aryl methyl sites for hydroxylation is 1. The summed E-state index contributed by atoms with van der Waals surface area (Å²) in [6.07, 6.45) is 0. The number of aromatic amines is 2. The number of benzene rings is 2. The summed E-state index contributed by atoms with van der Waals surface area (Å²) in [6, 6.07) is 11.0. The van der Waals surface area contributed by atoms with E-state index in [0.717, 1.165) is 36.9 Å². The van der Waals surface area contributed by atoms with E-state index in [1.807, 2.05) is 25.1 Å². The predicted molar refractivity (Wildman–Crippen MR) is 117 cm³/mol. The molecule has 0 aliphatic carbocycles. The molecule has 1 fully saturated rings. The van der Waals surface area contributed by atoms with Crippen molar-refractivity contribution in [3.05, 3.63) is 57.5 Å². The van der Waals surface area contributed by atoms with Crippen molar-refractivity contribution in [2.45, 2.75) is 19.9 Å². The zero-order valence-corrected chi connectivity index (χ0v) is 17.2. The monoisotopic (exact) mass is 413 g/mol. The Labute approximate surface area is 173 Å². The molecule has 1 unspecified atom stereocenters. The van der Waals surface area contributed by atoms with E-state index in [4.69, 9.17) is 11.6 Å². The smallest absolute Gasteiger partial charge is 0.323 e. The molecule has 1 aliphatic rings. The van der Waals surface area contributed by atoms with Gasteiger partial charge in [-0.2, -0.15) is 0 Å². The summed E-state index contributed by atoms with van der Waals surface area (Å²) in [5, 5.41) is 3.69. The van der Waals surface area contributed by atoms with Gasteiger partial charge in [-0.25, -0.2) is 4.79 Å². The molecule has 29 heavy (non-hydrogen) atoms. The van der Waals surface area contributed by atoms with Crippen LogP contribution in [0.15, 0.2) is 41.2 Å². The minimum absolute atomic E-state index is 0.0605. The molecular weight excluding hydrogens is 390 g/mol. The van der Waals surface area contributed by atoms with E-state index in [1.54, 1.807) is 18.2 Å². The Morgan fingerprint density at radius 2 is 1.79 bits per heavy atom. The molecule has 0 saturated carbocycles. The normalized spacial score (nSPS) is 16.2. The third-order valence-electron chi connectivity index (χ3n) is 5.54. The number of carbonyl (C=O) groups excluding carboxylic acids is 1. The highest BCUT2D eigenvalue weighted by Crippen LogP contribution is 2.25. The molecule has 1 atom stereocenters. The van der Waals surface area contributed by atoms with E-state index in [2.05, 4.69) is 32.0 Å². The van der Waals surface area contributed by atoms with Gasteiger partial charge in [-0.3, -0.25) is 9.69 Å². The van der Waals surface area contributed by atoms with Crippen molar-refractivity contribution in [3.63, 3.8) is 0 Å². The number of anilines is 2. The molecule has 0 radical (unpaired) electrons. The Bertz CT molecular complexity index is 1100. The molecular formula is C21H24ClN5O2. The molecule has 7 nitrogen and oxygen atoms in total. The summed E-state index contributed by atoms with van der Waals surface area (Å²) >= 11 is 6.16. The SMILES string of the molecule is Cc1ccc(Cl)cc1N1CCN(C(C)C(=O)Nc2ccc3[nH]c(=O)[nH]c3c2)CC1. The van der Waals surface area contributed by atoms with Crippen LogP contribution >= 0.6 is 11.6 Å². The lowest BCUT2D eigenvalue weighted by molar-refractivity contribution is -0.120. The molecule has 2 aromatic carbocycles. The van der Waals surface area contributed by atoms with Crippen LogP contribution in [0.25, 0.3) is 11.0 Å². The van der Waals surface area contributed by atoms with E-state index in [9.17, 15) is 9.59 Å². The largest absolute Gasteiger partial charge is 0.369 e. The maximum absolute atomic E-state index is 12.7. The van der Waals surface area contributed by atoms with Gasteiger partial charge in [0.05, 0.1) is 17.1 Å². The van der Waals surface area contributed by atoms with Gasteiger partial charge in [-0.1, -0.05) is 17.7 Å². The van der Waals surface area contributed by atoms with E-state index in [1.165, 1.54) is 5.56 Å². The molecule has 3 aromatic rings. The maximum atomic E-state index is 12.7. The maximum Gasteiger partial charge on any atom is 0.323 e. The highest BCUT2D eigenvalue weighted by atomic mass is 35.5. The Hall–Kier alpha value is -2.77. The minimum Gasteiger partial charge on any atom is -0.369 e. The van der Waals surface area contributed by atoms with Crippen molar-refractivity contribution < 1.29 is 4.79 Å². The molecule has 152 valence electrons. The van der Waals surface area contributed by atoms with Crippen LogP contribution in [0.4, 0.5) is 11.4 Å². The highest BCUT2D eigenvalue weighted by Gasteiger charge is 2.26. The van der Waals surface area contributed by atoms with Gasteiger partial charge in [0.1, 0.15) is 0 Å². The number of hydrogen-bond acceptors (Lipinski definition) is 4. The van der Waals surface area contributed by atoms with Crippen LogP contribution in [-0.4, -0.2) is 53.0 Å². The Balaban J connectivity index is 1.38. The van der Waals surface area contributed by atoms with Crippen LogP contribution in [0.1, 0.15) is 12.5 Å². The molecule has 1 amide bonds. The van der Waals surface area contributed by atoms with Gasteiger partial charge in [0.15, 0.2) is 0 Å². The summed E-state index contributed by atoms with van der Waals surface area (Å²) in [6.45, 7) is 7.29. The first kappa shape index (κ1) is 19.5. The fourth-order valence-corrected chi connectivity index (χ4v) is 3.96. The number of nitrogens with one attached hydrogen (secondary N) is 3. The van der Waals surface area contributed by atoms with Gasteiger partial charge >= 0.3 is 5.69 Å². The van der Waals surface area contributed by atoms with Crippen molar-refractivity contribution in [2.24, 2.45) is 0 Å². The number of carbonyl (C=O) groups is 1. The first-order valence-electron chi connectivity index (χ1n) is 9.69. The number of halogens is 1. The Kier molecular flexibility index (Phi) is 5.34. The van der Waals surface area contributed by atoms with Crippen LogP contribution < -0.4 is 15.9 Å². The van der Waals surface area contributed by atoms with E-state index < -0.39 is 0 Å². The third-order valence-corrected chi connectivity index (χ3v) is 5.77. The summed E-state index contributed by atoms with van der Waals surface area (Å²) in [5.41, 5.74) is 4.15. The molecule has 0 bridgehead atoms. The lowest BCUT2D eigenvalue weighted by atomic mass is 10.1. The van der Waals surface area contributed by atoms with Crippen LogP contribution in [0.2, 0.25) is 5.02 Å². The molecule has 2 heterocycles. The van der Waals surface area contributed by atoms with E-state index >= 15 is 0 Å². The number of hydrogen-bond donors (Lipinski definition) is 3. The van der Waals surface area contributed by atoms with Gasteiger partial charge in [0, 0.05) is 42.6 Å². The van der Waals surface area contributed by atoms with Crippen LogP contribution in [0.3, 0.4) is 0 Å². The summed E-state index contributed by atoms with van der Waals surface area (Å²) in [4.78, 5) is 34.0. The fraction of sp³-hybridized carbons (Fsp3) is 0.333. The highest BCUT2D eigenvalue weighted by molar-refractivity contribution is 6.30. The van der Waals surface area contributed by atoms with Crippen molar-refractivity contribution in [1.82, 2.24) is 14.9 Å². The third kappa shape index (κ3) is 4.16. The lowest BCUT2D eigenvalue weighted by Crippen LogP contribution is -2.53. The second kappa shape index (κ2) is 7.93. The second-order valence-electron chi connectivity index (χ2n) is 7.46. The minimum atomic E-state index is -0.260.